The molecule has 0 aromatic heterocycles. The lowest BCUT2D eigenvalue weighted by Gasteiger charge is -2.19. The van der Waals surface area contributed by atoms with Gasteiger partial charge < -0.3 is 20.3 Å². The number of carbonyl (C=O) groups excluding carboxylic acids is 1. The lowest BCUT2D eigenvalue weighted by molar-refractivity contribution is 0.0689. The monoisotopic (exact) mass is 371 g/mol. The maximum Gasteiger partial charge on any atom is 0.336 e. The highest BCUT2D eigenvalue weighted by atomic mass is 16.5. The number of hydrogen-bond acceptors (Lipinski definition) is 4. The van der Waals surface area contributed by atoms with E-state index in [4.69, 9.17) is 9.84 Å². The van der Waals surface area contributed by atoms with Crippen molar-refractivity contribution in [1.82, 2.24) is 5.32 Å². The van der Waals surface area contributed by atoms with Crippen LogP contribution in [0.4, 0.5) is 0 Å². The van der Waals surface area contributed by atoms with Gasteiger partial charge in [0.05, 0.1) is 11.1 Å². The SMILES string of the molecule is CC(C)(C)c1ccc(OC[C@@H](O)CNC(=O)c2ccccc2C(=O)O)cc1. The molecule has 0 spiro atoms. The third-order valence-electron chi connectivity index (χ3n) is 4.06. The quantitative estimate of drug-likeness (QED) is 0.695. The third kappa shape index (κ3) is 5.82. The molecule has 1 amide bonds. The van der Waals surface area contributed by atoms with Crippen LogP contribution in [0.2, 0.25) is 0 Å². The molecule has 27 heavy (non-hydrogen) atoms. The lowest BCUT2D eigenvalue weighted by atomic mass is 9.87. The van der Waals surface area contributed by atoms with E-state index >= 15 is 0 Å². The van der Waals surface area contributed by atoms with Gasteiger partial charge in [-0.15, -0.1) is 0 Å². The number of nitrogens with one attached hydrogen (secondary N) is 1. The van der Waals surface area contributed by atoms with Crippen LogP contribution in [0.15, 0.2) is 48.5 Å². The fourth-order valence-electron chi connectivity index (χ4n) is 2.48. The summed E-state index contributed by atoms with van der Waals surface area (Å²) in [7, 11) is 0. The minimum Gasteiger partial charge on any atom is -0.491 e. The normalized spacial score (nSPS) is 12.3. The molecule has 2 rings (SSSR count). The molecule has 0 saturated heterocycles. The summed E-state index contributed by atoms with van der Waals surface area (Å²) in [6.45, 7) is 6.33. The van der Waals surface area contributed by atoms with Crippen molar-refractivity contribution in [2.24, 2.45) is 0 Å². The van der Waals surface area contributed by atoms with Crippen molar-refractivity contribution in [3.8, 4) is 5.75 Å². The van der Waals surface area contributed by atoms with Gasteiger partial charge in [-0.2, -0.15) is 0 Å². The smallest absolute Gasteiger partial charge is 0.336 e. The Hall–Kier alpha value is -2.86. The van der Waals surface area contributed by atoms with E-state index in [1.165, 1.54) is 17.7 Å². The maximum atomic E-state index is 12.2. The van der Waals surface area contributed by atoms with Crippen LogP contribution in [0.5, 0.6) is 5.75 Å². The molecule has 0 aliphatic rings. The number of carboxylic acid groups (broad SMARTS) is 1. The van der Waals surface area contributed by atoms with Gasteiger partial charge in [0.15, 0.2) is 0 Å². The Labute approximate surface area is 158 Å². The first-order valence-electron chi connectivity index (χ1n) is 8.70. The number of hydrogen-bond donors (Lipinski definition) is 3. The Morgan fingerprint density at radius 1 is 1.04 bits per heavy atom. The van der Waals surface area contributed by atoms with Gasteiger partial charge in [-0.3, -0.25) is 4.79 Å². The zero-order chi connectivity index (χ0) is 20.0. The Morgan fingerprint density at radius 2 is 1.63 bits per heavy atom. The molecule has 0 aliphatic heterocycles. The minimum absolute atomic E-state index is 0.00964. The van der Waals surface area contributed by atoms with Crippen LogP contribution in [-0.2, 0) is 5.41 Å². The van der Waals surface area contributed by atoms with E-state index in [-0.39, 0.29) is 29.7 Å². The van der Waals surface area contributed by atoms with Crippen LogP contribution in [0.3, 0.4) is 0 Å². The molecule has 144 valence electrons. The van der Waals surface area contributed by atoms with Gasteiger partial charge in [0.1, 0.15) is 18.5 Å². The van der Waals surface area contributed by atoms with Crippen molar-refractivity contribution in [3.05, 3.63) is 65.2 Å². The number of ether oxygens (including phenoxy) is 1. The summed E-state index contributed by atoms with van der Waals surface area (Å²) in [5, 5.41) is 21.7. The Bertz CT molecular complexity index is 793. The molecule has 2 aromatic rings. The van der Waals surface area contributed by atoms with Crippen LogP contribution >= 0.6 is 0 Å². The highest BCUT2D eigenvalue weighted by molar-refractivity contribution is 6.04. The molecule has 3 N–H and O–H groups in total. The fraction of sp³-hybridized carbons (Fsp3) is 0.333. The number of aliphatic hydroxyl groups excluding tert-OH is 1. The summed E-state index contributed by atoms with van der Waals surface area (Å²) in [4.78, 5) is 23.3. The van der Waals surface area contributed by atoms with E-state index in [0.29, 0.717) is 5.75 Å². The molecule has 0 heterocycles. The average Bonchev–Trinajstić information content (AvgIpc) is 2.64. The first kappa shape index (κ1) is 20.5. The molecule has 0 radical (unpaired) electrons. The molecular weight excluding hydrogens is 346 g/mol. The van der Waals surface area contributed by atoms with E-state index in [2.05, 4.69) is 26.1 Å². The second kappa shape index (κ2) is 8.68. The zero-order valence-electron chi connectivity index (χ0n) is 15.7. The van der Waals surface area contributed by atoms with E-state index in [1.807, 2.05) is 24.3 Å². The van der Waals surface area contributed by atoms with Crippen LogP contribution in [0.1, 0.15) is 47.1 Å². The van der Waals surface area contributed by atoms with Crippen molar-refractivity contribution >= 4 is 11.9 Å². The van der Waals surface area contributed by atoms with Gasteiger partial charge in [-0.25, -0.2) is 4.79 Å². The van der Waals surface area contributed by atoms with E-state index in [0.717, 1.165) is 0 Å². The van der Waals surface area contributed by atoms with Crippen molar-refractivity contribution in [2.75, 3.05) is 13.2 Å². The van der Waals surface area contributed by atoms with Gasteiger partial charge in [0.2, 0.25) is 0 Å². The van der Waals surface area contributed by atoms with E-state index in [9.17, 15) is 14.7 Å². The van der Waals surface area contributed by atoms with Gasteiger partial charge in [-0.05, 0) is 35.2 Å². The van der Waals surface area contributed by atoms with Gasteiger partial charge in [0.25, 0.3) is 5.91 Å². The first-order chi connectivity index (χ1) is 12.7. The second-order valence-corrected chi connectivity index (χ2v) is 7.30. The standard InChI is InChI=1S/C21H25NO5/c1-21(2,3)14-8-10-16(11-9-14)27-13-15(23)12-22-19(24)17-6-4-5-7-18(17)20(25)26/h4-11,15,23H,12-13H2,1-3H3,(H,22,24)(H,25,26)/t15-/m0/s1. The van der Waals surface area contributed by atoms with Gasteiger partial charge >= 0.3 is 5.97 Å². The number of carboxylic acids is 1. The number of carbonyl (C=O) groups is 2. The van der Waals surface area contributed by atoms with Crippen molar-refractivity contribution in [1.29, 1.82) is 0 Å². The molecule has 0 aliphatic carbocycles. The Balaban J connectivity index is 1.85. The zero-order valence-corrected chi connectivity index (χ0v) is 15.7. The first-order valence-corrected chi connectivity index (χ1v) is 8.70. The van der Waals surface area contributed by atoms with Crippen molar-refractivity contribution in [2.45, 2.75) is 32.3 Å². The minimum atomic E-state index is -1.18. The molecular formula is C21H25NO5. The third-order valence-corrected chi connectivity index (χ3v) is 4.06. The predicted octanol–water partition coefficient (Wildman–Crippen LogP) is 2.85. The van der Waals surface area contributed by atoms with Crippen LogP contribution in [0.25, 0.3) is 0 Å². The van der Waals surface area contributed by atoms with Crippen molar-refractivity contribution in [3.63, 3.8) is 0 Å². The second-order valence-electron chi connectivity index (χ2n) is 7.30. The molecule has 6 nitrogen and oxygen atoms in total. The number of aliphatic hydroxyl groups is 1. The summed E-state index contributed by atoms with van der Waals surface area (Å²) < 4.78 is 5.54. The van der Waals surface area contributed by atoms with E-state index in [1.54, 1.807) is 12.1 Å². The fourth-order valence-corrected chi connectivity index (χ4v) is 2.48. The highest BCUT2D eigenvalue weighted by Gasteiger charge is 2.17. The summed E-state index contributed by atoms with van der Waals surface area (Å²) in [5.41, 5.74) is 1.20. The Morgan fingerprint density at radius 3 is 2.19 bits per heavy atom. The maximum absolute atomic E-state index is 12.2. The number of aromatic carboxylic acids is 1. The highest BCUT2D eigenvalue weighted by Crippen LogP contribution is 2.24. The van der Waals surface area contributed by atoms with E-state index < -0.39 is 18.0 Å². The molecule has 0 saturated carbocycles. The summed E-state index contributed by atoms with van der Waals surface area (Å²) >= 11 is 0. The number of amides is 1. The molecule has 0 bridgehead atoms. The lowest BCUT2D eigenvalue weighted by Crippen LogP contribution is -2.35. The van der Waals surface area contributed by atoms with Gasteiger partial charge in [0, 0.05) is 6.54 Å². The summed E-state index contributed by atoms with van der Waals surface area (Å²) in [6.07, 6.45) is -0.923. The van der Waals surface area contributed by atoms with Crippen molar-refractivity contribution < 1.29 is 24.5 Å². The number of benzene rings is 2. The molecule has 0 unspecified atom stereocenters. The van der Waals surface area contributed by atoms with Crippen LogP contribution in [0, 0.1) is 0 Å². The molecule has 2 aromatic carbocycles. The molecule has 1 atom stereocenters. The Kier molecular flexibility index (Phi) is 6.58. The molecule has 6 heteroatoms. The van der Waals surface area contributed by atoms with Gasteiger partial charge in [-0.1, -0.05) is 45.0 Å². The summed E-state index contributed by atoms with van der Waals surface area (Å²) in [5.74, 6) is -1.10. The summed E-state index contributed by atoms with van der Waals surface area (Å²) in [6, 6.07) is 13.6. The number of rotatable bonds is 7. The predicted molar refractivity (Wildman–Crippen MR) is 102 cm³/mol. The van der Waals surface area contributed by atoms with Crippen LogP contribution in [-0.4, -0.2) is 41.3 Å². The van der Waals surface area contributed by atoms with Crippen LogP contribution < -0.4 is 10.1 Å². The topological polar surface area (TPSA) is 95.9 Å². The average molecular weight is 371 g/mol. The molecule has 0 fully saturated rings. The largest absolute Gasteiger partial charge is 0.491 e.